The summed E-state index contributed by atoms with van der Waals surface area (Å²) < 4.78 is 43.9. The summed E-state index contributed by atoms with van der Waals surface area (Å²) in [6.45, 7) is 4.20. The number of benzene rings is 1. The van der Waals surface area contributed by atoms with Gasteiger partial charge in [-0.15, -0.1) is 35.0 Å². The third kappa shape index (κ3) is 5.85. The van der Waals surface area contributed by atoms with Crippen molar-refractivity contribution >= 4 is 47.3 Å². The number of nitrogens with zero attached hydrogens (tertiary/aromatic N) is 5. The van der Waals surface area contributed by atoms with E-state index < -0.39 is 12.2 Å². The number of hydrogen-bond donors (Lipinski definition) is 2. The first-order valence-corrected chi connectivity index (χ1v) is 11.7. The summed E-state index contributed by atoms with van der Waals surface area (Å²) in [6, 6.07) is 9.66. The van der Waals surface area contributed by atoms with E-state index in [1.165, 1.54) is 27.6 Å². The Balaban J connectivity index is 0.00000200. The van der Waals surface area contributed by atoms with Gasteiger partial charge in [-0.3, -0.25) is 14.1 Å². The highest BCUT2D eigenvalue weighted by Crippen LogP contribution is 2.39. The Kier molecular flexibility index (Phi) is 8.87. The van der Waals surface area contributed by atoms with Crippen LogP contribution in [0.4, 0.5) is 13.2 Å². The molecular formula is C25H28Cl2F3N7O. The molecule has 2 atom stereocenters. The Morgan fingerprint density at radius 2 is 1.84 bits per heavy atom. The van der Waals surface area contributed by atoms with E-state index in [4.69, 9.17) is 5.73 Å². The predicted octanol–water partition coefficient (Wildman–Crippen LogP) is 4.56. The minimum Gasteiger partial charge on any atom is -0.350 e. The van der Waals surface area contributed by atoms with Crippen LogP contribution in [0.5, 0.6) is 0 Å². The molecule has 38 heavy (non-hydrogen) atoms. The van der Waals surface area contributed by atoms with Gasteiger partial charge >= 0.3 is 6.18 Å². The average molecular weight is 570 g/mol. The molecule has 0 saturated carbocycles. The lowest BCUT2D eigenvalue weighted by Gasteiger charge is -2.30. The van der Waals surface area contributed by atoms with Gasteiger partial charge < -0.3 is 11.1 Å². The Morgan fingerprint density at radius 1 is 1.11 bits per heavy atom. The molecule has 0 aliphatic carbocycles. The van der Waals surface area contributed by atoms with Crippen molar-refractivity contribution in [1.29, 1.82) is 0 Å². The zero-order valence-corrected chi connectivity index (χ0v) is 22.3. The van der Waals surface area contributed by atoms with Gasteiger partial charge in [0, 0.05) is 42.3 Å². The summed E-state index contributed by atoms with van der Waals surface area (Å²) in [7, 11) is 0. The molecule has 4 aromatic rings. The van der Waals surface area contributed by atoms with Gasteiger partial charge in [-0.25, -0.2) is 4.98 Å². The van der Waals surface area contributed by atoms with Gasteiger partial charge in [-0.2, -0.15) is 13.2 Å². The lowest BCUT2D eigenvalue weighted by Crippen LogP contribution is -2.38. The first-order chi connectivity index (χ1) is 17.1. The minimum atomic E-state index is -4.47. The van der Waals surface area contributed by atoms with Crippen LogP contribution in [0.2, 0.25) is 0 Å². The highest BCUT2D eigenvalue weighted by molar-refractivity contribution is 5.98. The summed E-state index contributed by atoms with van der Waals surface area (Å²) in [5.74, 6) is 0.0985. The van der Waals surface area contributed by atoms with Crippen molar-refractivity contribution < 1.29 is 18.0 Å². The quantitative estimate of drug-likeness (QED) is 0.365. The molecule has 8 nitrogen and oxygen atoms in total. The second-order valence-electron chi connectivity index (χ2n) is 9.43. The van der Waals surface area contributed by atoms with Gasteiger partial charge in [-0.1, -0.05) is 18.2 Å². The number of pyridine rings is 2. The first kappa shape index (κ1) is 29.6. The highest BCUT2D eigenvalue weighted by atomic mass is 35.5. The fourth-order valence-electron chi connectivity index (χ4n) is 4.63. The summed E-state index contributed by atoms with van der Waals surface area (Å²) in [4.78, 5) is 18.4. The van der Waals surface area contributed by atoms with Crippen LogP contribution in [0.15, 0.2) is 48.7 Å². The average Bonchev–Trinajstić information content (AvgIpc) is 3.43. The molecule has 3 N–H and O–H groups in total. The number of halogens is 5. The number of nitrogens with one attached hydrogen (secondary N) is 1. The molecular weight excluding hydrogens is 542 g/mol. The standard InChI is InChI=1S/C25H26F3N7O.2ClH/c1-14(2)30-24(36)16-4-3-15-5-7-19(31-20(15)11-16)23-33-32-21-8-6-17(12-35(21)23)22(25(26,27)28)34-10-9-18(29)13-34;;/h3-8,11-12,14,18,22H,9-10,13,29H2,1-2H3,(H,30,36);2*1H/t18-,22+;;/m0../s1. The van der Waals surface area contributed by atoms with Gasteiger partial charge in [0.2, 0.25) is 0 Å². The van der Waals surface area contributed by atoms with Gasteiger partial charge in [0.15, 0.2) is 11.5 Å². The maximum Gasteiger partial charge on any atom is 0.408 e. The van der Waals surface area contributed by atoms with Crippen LogP contribution in [0.25, 0.3) is 28.1 Å². The molecule has 1 amide bonds. The van der Waals surface area contributed by atoms with Crippen LogP contribution in [0, 0.1) is 0 Å². The number of alkyl halides is 3. The summed E-state index contributed by atoms with van der Waals surface area (Å²) in [5, 5.41) is 12.0. The number of carbonyl (C=O) groups excluding carboxylic acids is 1. The predicted molar refractivity (Wildman–Crippen MR) is 144 cm³/mol. The number of hydrogen-bond acceptors (Lipinski definition) is 6. The normalized spacial score (nSPS) is 16.9. The maximum atomic E-state index is 14.1. The molecule has 204 valence electrons. The van der Waals surface area contributed by atoms with E-state index >= 15 is 0 Å². The SMILES string of the molecule is CC(C)NC(=O)c1ccc2ccc(-c3nnc4ccc([C@@H](N5CC[C@H](N)C5)C(F)(F)F)cn34)nc2c1.Cl.Cl. The van der Waals surface area contributed by atoms with E-state index in [1.807, 2.05) is 19.9 Å². The highest BCUT2D eigenvalue weighted by Gasteiger charge is 2.46. The lowest BCUT2D eigenvalue weighted by atomic mass is 10.1. The topological polar surface area (TPSA) is 101 Å². The molecule has 5 rings (SSSR count). The second-order valence-corrected chi connectivity index (χ2v) is 9.43. The van der Waals surface area contributed by atoms with Crippen molar-refractivity contribution in [3.63, 3.8) is 0 Å². The van der Waals surface area contributed by atoms with Crippen molar-refractivity contribution in [2.45, 2.75) is 44.6 Å². The summed E-state index contributed by atoms with van der Waals surface area (Å²) >= 11 is 0. The van der Waals surface area contributed by atoms with E-state index in [0.29, 0.717) is 34.7 Å². The second kappa shape index (κ2) is 11.4. The fraction of sp³-hybridized carbons (Fsp3) is 0.360. The molecule has 13 heteroatoms. The molecule has 1 aromatic carbocycles. The van der Waals surface area contributed by atoms with Crippen LogP contribution in [0.1, 0.15) is 42.2 Å². The van der Waals surface area contributed by atoms with E-state index in [9.17, 15) is 18.0 Å². The van der Waals surface area contributed by atoms with Crippen LogP contribution in [-0.4, -0.2) is 61.7 Å². The molecule has 0 bridgehead atoms. The van der Waals surface area contributed by atoms with Crippen LogP contribution >= 0.6 is 24.8 Å². The monoisotopic (exact) mass is 569 g/mol. The molecule has 3 aromatic heterocycles. The molecule has 1 aliphatic rings. The Hall–Kier alpha value is -2.99. The molecule has 0 spiro atoms. The lowest BCUT2D eigenvalue weighted by molar-refractivity contribution is -0.183. The van der Waals surface area contributed by atoms with Crippen LogP contribution in [-0.2, 0) is 0 Å². The van der Waals surface area contributed by atoms with Gasteiger partial charge in [-0.05, 0) is 50.1 Å². The van der Waals surface area contributed by atoms with E-state index in [1.54, 1.807) is 24.3 Å². The number of likely N-dealkylation sites (tertiary alicyclic amines) is 1. The molecule has 1 aliphatic heterocycles. The van der Waals surface area contributed by atoms with Crippen molar-refractivity contribution in [2.24, 2.45) is 5.73 Å². The largest absolute Gasteiger partial charge is 0.408 e. The number of fused-ring (bicyclic) bond motifs is 2. The number of rotatable bonds is 5. The first-order valence-electron chi connectivity index (χ1n) is 11.7. The number of amides is 1. The third-order valence-corrected chi connectivity index (χ3v) is 6.28. The zero-order valence-electron chi connectivity index (χ0n) is 20.6. The van der Waals surface area contributed by atoms with Crippen molar-refractivity contribution in [3.05, 3.63) is 59.8 Å². The van der Waals surface area contributed by atoms with Gasteiger partial charge in [0.05, 0.1) is 5.52 Å². The zero-order chi connectivity index (χ0) is 25.6. The fourth-order valence-corrected chi connectivity index (χ4v) is 4.63. The van der Waals surface area contributed by atoms with Crippen molar-refractivity contribution in [2.75, 3.05) is 13.1 Å². The summed E-state index contributed by atoms with van der Waals surface area (Å²) in [5.41, 5.74) is 7.83. The Morgan fingerprint density at radius 3 is 2.50 bits per heavy atom. The number of carbonyl (C=O) groups is 1. The van der Waals surface area contributed by atoms with E-state index in [2.05, 4.69) is 20.5 Å². The van der Waals surface area contributed by atoms with Crippen molar-refractivity contribution in [1.82, 2.24) is 29.8 Å². The molecule has 1 saturated heterocycles. The molecule has 4 heterocycles. The number of nitrogens with two attached hydrogens (primary N) is 1. The number of aromatic nitrogens is 4. The maximum absolute atomic E-state index is 14.1. The third-order valence-electron chi connectivity index (χ3n) is 6.28. The molecule has 0 radical (unpaired) electrons. The van der Waals surface area contributed by atoms with Crippen LogP contribution < -0.4 is 11.1 Å². The van der Waals surface area contributed by atoms with Gasteiger partial charge in [0.1, 0.15) is 11.7 Å². The van der Waals surface area contributed by atoms with E-state index in [-0.39, 0.29) is 61.5 Å². The Bertz CT molecular complexity index is 1440. The van der Waals surface area contributed by atoms with E-state index in [0.717, 1.165) is 5.39 Å². The molecule has 0 unspecified atom stereocenters. The summed E-state index contributed by atoms with van der Waals surface area (Å²) in [6.07, 6.45) is -2.53. The molecule has 1 fully saturated rings. The minimum absolute atomic E-state index is 0. The smallest absolute Gasteiger partial charge is 0.350 e. The van der Waals surface area contributed by atoms with Crippen molar-refractivity contribution in [3.8, 4) is 11.5 Å². The Labute approximate surface area is 229 Å². The van der Waals surface area contributed by atoms with Crippen LogP contribution in [0.3, 0.4) is 0 Å². The van der Waals surface area contributed by atoms with Gasteiger partial charge in [0.25, 0.3) is 5.91 Å².